The van der Waals surface area contributed by atoms with Crippen molar-refractivity contribution in [1.82, 2.24) is 0 Å². The Labute approximate surface area is 347 Å². The van der Waals surface area contributed by atoms with Crippen LogP contribution in [0.5, 0.6) is 0 Å². The summed E-state index contributed by atoms with van der Waals surface area (Å²) in [6.07, 6.45) is 19.2. The van der Waals surface area contributed by atoms with Crippen LogP contribution in [0.25, 0.3) is 45.1 Å². The molecule has 4 heteroatoms. The second kappa shape index (κ2) is 16.4. The Morgan fingerprint density at radius 2 is 1.51 bits per heavy atom. The first kappa shape index (κ1) is 37.4. The minimum Gasteiger partial charge on any atom is -0.456 e. The fraction of sp³-hybridized carbons (Fsp3) is 0.109. The van der Waals surface area contributed by atoms with Gasteiger partial charge in [0.1, 0.15) is 11.3 Å². The van der Waals surface area contributed by atoms with Gasteiger partial charge in [-0.05, 0) is 106 Å². The molecule has 0 spiro atoms. The van der Waals surface area contributed by atoms with Gasteiger partial charge in [0.2, 0.25) is 0 Å². The van der Waals surface area contributed by atoms with Gasteiger partial charge in [-0.2, -0.15) is 0 Å². The molecule has 1 aromatic heterocycles. The average molecular weight is 766 g/mol. The molecule has 1 N–H and O–H groups in total. The summed E-state index contributed by atoms with van der Waals surface area (Å²) in [6.45, 7) is 9.30. The van der Waals surface area contributed by atoms with Gasteiger partial charge in [-0.3, -0.25) is 4.99 Å². The Morgan fingerprint density at radius 1 is 0.763 bits per heavy atom. The van der Waals surface area contributed by atoms with Crippen LogP contribution in [-0.4, -0.2) is 18.8 Å². The largest absolute Gasteiger partial charge is 0.456 e. The number of furan rings is 1. The van der Waals surface area contributed by atoms with E-state index in [0.717, 1.165) is 51.3 Å². The molecule has 2 atom stereocenters. The van der Waals surface area contributed by atoms with Crippen LogP contribution in [0, 0.1) is 0 Å². The van der Waals surface area contributed by atoms with Crippen molar-refractivity contribution >= 4 is 40.7 Å². The first-order valence-corrected chi connectivity index (χ1v) is 20.3. The van der Waals surface area contributed by atoms with Gasteiger partial charge in [-0.15, -0.1) is 0 Å². The normalized spacial score (nSPS) is 16.7. The highest BCUT2D eigenvalue weighted by molar-refractivity contribution is 5.85. The van der Waals surface area contributed by atoms with Crippen molar-refractivity contribution in [1.29, 1.82) is 0 Å². The molecule has 6 aromatic carbocycles. The third-order valence-electron chi connectivity index (χ3n) is 11.7. The molecule has 0 radical (unpaired) electrons. The van der Waals surface area contributed by atoms with E-state index >= 15 is 0 Å². The van der Waals surface area contributed by atoms with Gasteiger partial charge in [0.15, 0.2) is 0 Å². The molecule has 0 fully saturated rings. The first-order chi connectivity index (χ1) is 28.9. The third-order valence-corrected chi connectivity index (χ3v) is 11.7. The van der Waals surface area contributed by atoms with E-state index in [9.17, 15) is 0 Å². The molecular formula is C55H47N3O. The van der Waals surface area contributed by atoms with E-state index in [-0.39, 0.29) is 17.5 Å². The molecule has 0 amide bonds. The molecule has 2 aliphatic rings. The van der Waals surface area contributed by atoms with Crippen LogP contribution < -0.4 is 10.2 Å². The average Bonchev–Trinajstić information content (AvgIpc) is 3.82. The smallest absolute Gasteiger partial charge is 0.135 e. The minimum absolute atomic E-state index is 0.0204. The van der Waals surface area contributed by atoms with Crippen LogP contribution in [0.4, 0.5) is 11.4 Å². The molecule has 9 rings (SSSR count). The van der Waals surface area contributed by atoms with Crippen molar-refractivity contribution in [3.8, 4) is 22.5 Å². The molecule has 2 unspecified atom stereocenters. The van der Waals surface area contributed by atoms with Gasteiger partial charge in [0, 0.05) is 40.5 Å². The molecule has 7 aromatic rings. The highest BCUT2D eigenvalue weighted by Crippen LogP contribution is 2.48. The second-order valence-electron chi connectivity index (χ2n) is 15.8. The zero-order valence-electron chi connectivity index (χ0n) is 33.5. The Hall–Kier alpha value is -7.17. The number of hydrogen-bond acceptors (Lipinski definition) is 4. The lowest BCUT2D eigenvalue weighted by molar-refractivity contribution is 0.619. The summed E-state index contributed by atoms with van der Waals surface area (Å²) in [6, 6.07) is 53.8. The van der Waals surface area contributed by atoms with E-state index in [2.05, 4.69) is 218 Å². The lowest BCUT2D eigenvalue weighted by atomic mass is 9.82. The van der Waals surface area contributed by atoms with Gasteiger partial charge < -0.3 is 14.6 Å². The van der Waals surface area contributed by atoms with Crippen LogP contribution >= 0.6 is 0 Å². The van der Waals surface area contributed by atoms with E-state index in [4.69, 9.17) is 4.42 Å². The molecule has 2 aliphatic carbocycles. The van der Waals surface area contributed by atoms with Gasteiger partial charge in [-0.25, -0.2) is 0 Å². The zero-order chi connectivity index (χ0) is 40.2. The number of aliphatic imine (C=N–C) groups is 1. The molecule has 0 bridgehead atoms. The summed E-state index contributed by atoms with van der Waals surface area (Å²) < 4.78 is 6.08. The molecule has 1 heterocycles. The van der Waals surface area contributed by atoms with E-state index in [1.54, 1.807) is 0 Å². The van der Waals surface area contributed by atoms with Crippen molar-refractivity contribution in [2.45, 2.75) is 37.9 Å². The van der Waals surface area contributed by atoms with Gasteiger partial charge in [-0.1, -0.05) is 160 Å². The van der Waals surface area contributed by atoms with Gasteiger partial charge in [0.05, 0.1) is 12.1 Å². The molecule has 4 nitrogen and oxygen atoms in total. The van der Waals surface area contributed by atoms with Gasteiger partial charge in [0.25, 0.3) is 0 Å². The summed E-state index contributed by atoms with van der Waals surface area (Å²) in [5.41, 5.74) is 14.1. The van der Waals surface area contributed by atoms with Crippen LogP contribution in [0.2, 0.25) is 0 Å². The molecule has 59 heavy (non-hydrogen) atoms. The predicted molar refractivity (Wildman–Crippen MR) is 250 cm³/mol. The molecular weight excluding hydrogens is 719 g/mol. The fourth-order valence-corrected chi connectivity index (χ4v) is 8.44. The topological polar surface area (TPSA) is 40.8 Å². The van der Waals surface area contributed by atoms with Crippen LogP contribution in [0.15, 0.2) is 210 Å². The number of nitrogens with zero attached hydrogens (tertiary/aromatic N) is 2. The number of para-hydroxylation sites is 2. The van der Waals surface area contributed by atoms with Crippen LogP contribution in [0.3, 0.4) is 0 Å². The summed E-state index contributed by atoms with van der Waals surface area (Å²) in [5.74, 6) is 0.865. The highest BCUT2D eigenvalue weighted by Gasteiger charge is 2.35. The SMILES string of the molecule is C=NC1C=CC=CC1N(Cc1ccc(C(/C=C\c2ccc3c(c2)C(C)(C)c2ccccc2-3)=C/C=C/Nc2ccc(-c3cc4ccccc4o3)cc2)cc1)c1ccccc1. The maximum absolute atomic E-state index is 6.08. The lowest BCUT2D eigenvalue weighted by Crippen LogP contribution is -2.41. The Morgan fingerprint density at radius 3 is 2.32 bits per heavy atom. The quantitative estimate of drug-likeness (QED) is 0.0995. The fourth-order valence-electron chi connectivity index (χ4n) is 8.44. The number of nitrogens with one attached hydrogen (secondary N) is 1. The molecule has 0 saturated heterocycles. The Kier molecular flexibility index (Phi) is 10.4. The van der Waals surface area contributed by atoms with Crippen LogP contribution in [0.1, 0.15) is 41.7 Å². The number of anilines is 2. The summed E-state index contributed by atoms with van der Waals surface area (Å²) in [5, 5.41) is 4.56. The molecule has 0 saturated carbocycles. The summed E-state index contributed by atoms with van der Waals surface area (Å²) in [4.78, 5) is 6.87. The number of rotatable bonds is 12. The van der Waals surface area contributed by atoms with Crippen molar-refractivity contribution in [3.05, 3.63) is 228 Å². The van der Waals surface area contributed by atoms with Crippen molar-refractivity contribution in [2.24, 2.45) is 4.99 Å². The van der Waals surface area contributed by atoms with E-state index in [1.165, 1.54) is 33.4 Å². The van der Waals surface area contributed by atoms with Crippen molar-refractivity contribution in [3.63, 3.8) is 0 Å². The second-order valence-corrected chi connectivity index (χ2v) is 15.8. The number of hydrogen-bond donors (Lipinski definition) is 1. The van der Waals surface area contributed by atoms with Crippen molar-refractivity contribution < 1.29 is 4.42 Å². The highest BCUT2D eigenvalue weighted by atomic mass is 16.3. The molecule has 0 aliphatic heterocycles. The number of allylic oxidation sites excluding steroid dienone is 6. The monoisotopic (exact) mass is 765 g/mol. The standard InChI is InChI=1S/C55H47N3O/c1-55(2)49-19-9-8-18-47(49)48-34-26-39(36-50(48)55)23-27-41(15-13-35-57-45-32-30-43(31-33-45)54-37-44-14-7-12-22-53(44)59-54)42-28-24-40(25-29-42)38-58(46-16-5-4-6-17-46)52-21-11-10-20-51(52)56-3/h4-37,51-52,57H,3,38H2,1-2H3/b27-23-,35-13+,41-15+. The van der Waals surface area contributed by atoms with Crippen molar-refractivity contribution in [2.75, 3.05) is 10.2 Å². The van der Waals surface area contributed by atoms with E-state index in [1.807, 2.05) is 24.4 Å². The maximum atomic E-state index is 6.08. The number of fused-ring (bicyclic) bond motifs is 4. The van der Waals surface area contributed by atoms with Gasteiger partial charge >= 0.3 is 0 Å². The lowest BCUT2D eigenvalue weighted by Gasteiger charge is -2.35. The Balaban J connectivity index is 0.980. The van der Waals surface area contributed by atoms with Crippen LogP contribution in [-0.2, 0) is 12.0 Å². The summed E-state index contributed by atoms with van der Waals surface area (Å²) >= 11 is 0. The predicted octanol–water partition coefficient (Wildman–Crippen LogP) is 13.7. The third kappa shape index (κ3) is 7.78. The Bertz CT molecular complexity index is 2730. The number of benzene rings is 6. The van der Waals surface area contributed by atoms with E-state index in [0.29, 0.717) is 0 Å². The molecule has 288 valence electrons. The van der Waals surface area contributed by atoms with E-state index < -0.39 is 0 Å². The summed E-state index contributed by atoms with van der Waals surface area (Å²) in [7, 11) is 0. The maximum Gasteiger partial charge on any atom is 0.135 e. The zero-order valence-corrected chi connectivity index (χ0v) is 33.5. The minimum atomic E-state index is -0.0535. The first-order valence-electron chi connectivity index (χ1n) is 20.3.